The Morgan fingerprint density at radius 3 is 2.64 bits per heavy atom. The number of aromatic nitrogens is 1. The van der Waals surface area contributed by atoms with Gasteiger partial charge in [-0.3, -0.25) is 0 Å². The van der Waals surface area contributed by atoms with Crippen molar-refractivity contribution in [2.75, 3.05) is 13.1 Å². The Labute approximate surface area is 174 Å². The summed E-state index contributed by atoms with van der Waals surface area (Å²) in [4.78, 5) is 14.9. The first kappa shape index (κ1) is 18.9. The molecule has 2 amide bonds. The molecule has 0 saturated carbocycles. The predicted octanol–water partition coefficient (Wildman–Crippen LogP) is 5.15. The summed E-state index contributed by atoms with van der Waals surface area (Å²) in [5.41, 5.74) is 3.13. The summed E-state index contributed by atoms with van der Waals surface area (Å²) < 4.78 is 2.17. The molecule has 1 aromatic heterocycles. The van der Waals surface area contributed by atoms with Crippen LogP contribution in [0.4, 0.5) is 4.79 Å². The Bertz CT molecular complexity index is 971. The summed E-state index contributed by atoms with van der Waals surface area (Å²) >= 11 is 12.6. The van der Waals surface area contributed by atoms with Crippen LogP contribution in [-0.4, -0.2) is 28.6 Å². The van der Waals surface area contributed by atoms with Crippen LogP contribution in [0.2, 0.25) is 10.0 Å². The molecule has 1 aliphatic heterocycles. The largest absolute Gasteiger partial charge is 0.348 e. The molecule has 0 fully saturated rings. The molecule has 0 aliphatic carbocycles. The zero-order chi connectivity index (χ0) is 19.5. The first-order chi connectivity index (χ1) is 13.6. The van der Waals surface area contributed by atoms with Crippen molar-refractivity contribution in [3.63, 3.8) is 0 Å². The van der Waals surface area contributed by atoms with Crippen LogP contribution in [0, 0.1) is 0 Å². The summed E-state index contributed by atoms with van der Waals surface area (Å²) in [6, 6.07) is 19.3. The zero-order valence-electron chi connectivity index (χ0n) is 15.3. The van der Waals surface area contributed by atoms with Crippen LogP contribution >= 0.6 is 23.2 Å². The number of nitrogens with one attached hydrogen (secondary N) is 1. The fraction of sp³-hybridized carbons (Fsp3) is 0.227. The lowest BCUT2D eigenvalue weighted by Crippen LogP contribution is -2.47. The van der Waals surface area contributed by atoms with E-state index < -0.39 is 0 Å². The Kier molecular flexibility index (Phi) is 5.60. The predicted molar refractivity (Wildman–Crippen MR) is 113 cm³/mol. The third-order valence-corrected chi connectivity index (χ3v) is 5.65. The van der Waals surface area contributed by atoms with E-state index >= 15 is 0 Å². The van der Waals surface area contributed by atoms with Crippen molar-refractivity contribution in [1.82, 2.24) is 14.8 Å². The van der Waals surface area contributed by atoms with Crippen molar-refractivity contribution in [1.29, 1.82) is 0 Å². The number of halogens is 2. The first-order valence-electron chi connectivity index (χ1n) is 9.32. The van der Waals surface area contributed by atoms with Crippen LogP contribution in [0.25, 0.3) is 0 Å². The fourth-order valence-electron chi connectivity index (χ4n) is 3.71. The molecule has 1 atom stereocenters. The standard InChI is InChI=1S/C22H21Cl2N3O/c23-17-8-9-18(19(24)15-17)21-20-7-4-12-26(20)13-14-27(21)22(28)25-11-10-16-5-2-1-3-6-16/h1-9,12,15,21H,10-11,13-14H2,(H,25,28)/t21-/m0/s1. The lowest BCUT2D eigenvalue weighted by atomic mass is 10.00. The van der Waals surface area contributed by atoms with Gasteiger partial charge in [-0.2, -0.15) is 0 Å². The lowest BCUT2D eigenvalue weighted by molar-refractivity contribution is 0.169. The second-order valence-corrected chi connectivity index (χ2v) is 7.70. The molecule has 0 saturated heterocycles. The van der Waals surface area contributed by atoms with Crippen LogP contribution in [0.5, 0.6) is 0 Å². The summed E-state index contributed by atoms with van der Waals surface area (Å²) in [7, 11) is 0. The molecule has 0 unspecified atom stereocenters. The van der Waals surface area contributed by atoms with Crippen molar-refractivity contribution in [2.45, 2.75) is 19.0 Å². The number of amides is 2. The van der Waals surface area contributed by atoms with Crippen LogP contribution < -0.4 is 5.32 Å². The van der Waals surface area contributed by atoms with Crippen LogP contribution in [0.1, 0.15) is 22.9 Å². The summed E-state index contributed by atoms with van der Waals surface area (Å²) in [6.07, 6.45) is 2.83. The quantitative estimate of drug-likeness (QED) is 0.630. The highest BCUT2D eigenvalue weighted by atomic mass is 35.5. The van der Waals surface area contributed by atoms with Gasteiger partial charge in [0.2, 0.25) is 0 Å². The normalized spacial score (nSPS) is 15.9. The van der Waals surface area contributed by atoms with Crippen molar-refractivity contribution < 1.29 is 4.79 Å². The van der Waals surface area contributed by atoms with Crippen molar-refractivity contribution >= 4 is 29.2 Å². The molecule has 0 radical (unpaired) electrons. The molecule has 2 aromatic carbocycles. The van der Waals surface area contributed by atoms with Crippen LogP contribution in [-0.2, 0) is 13.0 Å². The SMILES string of the molecule is O=C(NCCc1ccccc1)N1CCn2cccc2[C@@H]1c1ccc(Cl)cc1Cl. The number of benzene rings is 2. The number of carbonyl (C=O) groups is 1. The van der Waals surface area contributed by atoms with Crippen molar-refractivity contribution in [3.8, 4) is 0 Å². The molecule has 2 heterocycles. The molecule has 4 rings (SSSR count). The number of urea groups is 1. The number of hydrogen-bond donors (Lipinski definition) is 1. The van der Waals surface area contributed by atoms with Gasteiger partial charge in [0.15, 0.2) is 0 Å². The molecule has 1 aliphatic rings. The van der Waals surface area contributed by atoms with Crippen molar-refractivity contribution in [3.05, 3.63) is 93.7 Å². The number of fused-ring (bicyclic) bond motifs is 1. The monoisotopic (exact) mass is 413 g/mol. The fourth-order valence-corrected chi connectivity index (χ4v) is 4.22. The molecule has 144 valence electrons. The second kappa shape index (κ2) is 8.29. The van der Waals surface area contributed by atoms with Gasteiger partial charge in [-0.15, -0.1) is 0 Å². The Balaban J connectivity index is 1.55. The lowest BCUT2D eigenvalue weighted by Gasteiger charge is -2.37. The minimum Gasteiger partial charge on any atom is -0.348 e. The average Bonchev–Trinajstić information content (AvgIpc) is 3.17. The maximum absolute atomic E-state index is 13.0. The molecule has 4 nitrogen and oxygen atoms in total. The van der Waals surface area contributed by atoms with Gasteiger partial charge in [0.25, 0.3) is 0 Å². The molecular formula is C22H21Cl2N3O. The Morgan fingerprint density at radius 1 is 1.04 bits per heavy atom. The minimum atomic E-state index is -0.245. The van der Waals surface area contributed by atoms with Crippen molar-refractivity contribution in [2.24, 2.45) is 0 Å². The number of carbonyl (C=O) groups excluding carboxylic acids is 1. The van der Waals surface area contributed by atoms with Gasteiger partial charge in [0.1, 0.15) is 6.04 Å². The van der Waals surface area contributed by atoms with E-state index in [9.17, 15) is 4.79 Å². The molecule has 6 heteroatoms. The topological polar surface area (TPSA) is 37.3 Å². The van der Waals surface area contributed by atoms with E-state index in [0.717, 1.165) is 24.2 Å². The van der Waals surface area contributed by atoms with E-state index in [2.05, 4.69) is 22.0 Å². The highest BCUT2D eigenvalue weighted by Gasteiger charge is 2.33. The summed E-state index contributed by atoms with van der Waals surface area (Å²) in [5, 5.41) is 4.21. The summed E-state index contributed by atoms with van der Waals surface area (Å²) in [5.74, 6) is 0. The zero-order valence-corrected chi connectivity index (χ0v) is 16.8. The second-order valence-electron chi connectivity index (χ2n) is 6.86. The number of hydrogen-bond acceptors (Lipinski definition) is 1. The van der Waals surface area contributed by atoms with Gasteiger partial charge in [0, 0.05) is 41.6 Å². The van der Waals surface area contributed by atoms with E-state index in [0.29, 0.717) is 23.1 Å². The molecular weight excluding hydrogens is 393 g/mol. The van der Waals surface area contributed by atoms with E-state index in [1.54, 1.807) is 6.07 Å². The van der Waals surface area contributed by atoms with Gasteiger partial charge in [0.05, 0.1) is 0 Å². The molecule has 3 aromatic rings. The van der Waals surface area contributed by atoms with E-state index in [1.165, 1.54) is 5.56 Å². The van der Waals surface area contributed by atoms with E-state index in [-0.39, 0.29) is 12.1 Å². The van der Waals surface area contributed by atoms with Gasteiger partial charge >= 0.3 is 6.03 Å². The molecule has 0 spiro atoms. The van der Waals surface area contributed by atoms with Crippen LogP contribution in [0.3, 0.4) is 0 Å². The number of rotatable bonds is 4. The van der Waals surface area contributed by atoms with Gasteiger partial charge in [-0.25, -0.2) is 4.79 Å². The minimum absolute atomic E-state index is 0.0839. The third kappa shape index (κ3) is 3.89. The molecule has 28 heavy (non-hydrogen) atoms. The highest BCUT2D eigenvalue weighted by Crippen LogP contribution is 2.37. The summed E-state index contributed by atoms with van der Waals surface area (Å²) in [6.45, 7) is 1.96. The molecule has 1 N–H and O–H groups in total. The Hall–Kier alpha value is -2.43. The first-order valence-corrected chi connectivity index (χ1v) is 10.1. The average molecular weight is 414 g/mol. The van der Waals surface area contributed by atoms with Crippen LogP contribution in [0.15, 0.2) is 66.9 Å². The maximum Gasteiger partial charge on any atom is 0.318 e. The van der Waals surface area contributed by atoms with E-state index in [4.69, 9.17) is 23.2 Å². The maximum atomic E-state index is 13.0. The Morgan fingerprint density at radius 2 is 1.86 bits per heavy atom. The van der Waals surface area contributed by atoms with E-state index in [1.807, 2.05) is 53.6 Å². The number of nitrogens with zero attached hydrogens (tertiary/aromatic N) is 2. The smallest absolute Gasteiger partial charge is 0.318 e. The van der Waals surface area contributed by atoms with Gasteiger partial charge < -0.3 is 14.8 Å². The van der Waals surface area contributed by atoms with Gasteiger partial charge in [-0.05, 0) is 41.8 Å². The third-order valence-electron chi connectivity index (χ3n) is 5.09. The molecule has 0 bridgehead atoms. The highest BCUT2D eigenvalue weighted by molar-refractivity contribution is 6.35. The van der Waals surface area contributed by atoms with Gasteiger partial charge in [-0.1, -0.05) is 59.6 Å².